The van der Waals surface area contributed by atoms with Gasteiger partial charge in [-0.2, -0.15) is 0 Å². The van der Waals surface area contributed by atoms with Gasteiger partial charge in [0.1, 0.15) is 11.4 Å². The summed E-state index contributed by atoms with van der Waals surface area (Å²) < 4.78 is 26.1. The fraction of sp³-hybridized carbons (Fsp3) is 0.304. The van der Waals surface area contributed by atoms with E-state index in [2.05, 4.69) is 4.90 Å². The molecule has 0 N–H and O–H groups in total. The smallest absolute Gasteiger partial charge is 0.290 e. The summed E-state index contributed by atoms with van der Waals surface area (Å²) in [6.07, 6.45) is 0. The quantitative estimate of drug-likeness (QED) is 0.619. The Morgan fingerprint density at radius 3 is 2.61 bits per heavy atom. The molecule has 0 unspecified atom stereocenters. The number of hydrogen-bond donors (Lipinski definition) is 0. The van der Waals surface area contributed by atoms with E-state index in [1.165, 1.54) is 17.0 Å². The van der Waals surface area contributed by atoms with Gasteiger partial charge in [0.25, 0.3) is 5.91 Å². The van der Waals surface area contributed by atoms with Crippen LogP contribution in [-0.4, -0.2) is 55.1 Å². The van der Waals surface area contributed by atoms with Crippen LogP contribution < -0.4 is 5.43 Å². The van der Waals surface area contributed by atoms with Crippen molar-refractivity contribution in [1.82, 2.24) is 9.80 Å². The molecule has 1 fully saturated rings. The highest BCUT2D eigenvalue weighted by molar-refractivity contribution is 6.31. The third kappa shape index (κ3) is 3.52. The number of carbonyl (C=O) groups excluding carboxylic acids is 1. The minimum absolute atomic E-state index is 0.0324. The van der Waals surface area contributed by atoms with Crippen molar-refractivity contribution in [3.05, 3.63) is 80.4 Å². The Morgan fingerprint density at radius 1 is 1.06 bits per heavy atom. The van der Waals surface area contributed by atoms with Gasteiger partial charge in [-0.15, -0.1) is 0 Å². The fourth-order valence-electron chi connectivity index (χ4n) is 4.32. The van der Waals surface area contributed by atoms with Gasteiger partial charge in [-0.25, -0.2) is 4.39 Å². The van der Waals surface area contributed by atoms with Crippen LogP contribution in [0.25, 0.3) is 11.0 Å². The number of fused-ring (bicyclic) bond motifs is 2. The van der Waals surface area contributed by atoms with Crippen molar-refractivity contribution in [2.45, 2.75) is 6.04 Å². The standard InChI is InChI=1S/C23H20ClFN2O4/c24-14-5-6-18-16(13-14)21(28)19-20(15-3-1-2-4-17(15)25)27(23(29)22(19)31-18)8-7-26-9-11-30-12-10-26/h1-6,13,20H,7-12H2/t20-/m0/s1. The van der Waals surface area contributed by atoms with Gasteiger partial charge in [0.15, 0.2) is 5.43 Å². The zero-order chi connectivity index (χ0) is 21.5. The van der Waals surface area contributed by atoms with Gasteiger partial charge in [0, 0.05) is 36.8 Å². The highest BCUT2D eigenvalue weighted by Crippen LogP contribution is 2.39. The molecule has 160 valence electrons. The maximum Gasteiger partial charge on any atom is 0.290 e. The lowest BCUT2D eigenvalue weighted by molar-refractivity contribution is 0.0314. The summed E-state index contributed by atoms with van der Waals surface area (Å²) in [5, 5.41) is 0.658. The first kappa shape index (κ1) is 20.2. The maximum absolute atomic E-state index is 14.8. The van der Waals surface area contributed by atoms with Gasteiger partial charge >= 0.3 is 0 Å². The number of benzene rings is 2. The second-order valence-corrected chi connectivity index (χ2v) is 8.13. The zero-order valence-corrected chi connectivity index (χ0v) is 17.4. The van der Waals surface area contributed by atoms with E-state index in [4.69, 9.17) is 20.8 Å². The molecule has 2 aliphatic heterocycles. The Balaban J connectivity index is 1.63. The number of morpholine rings is 1. The summed E-state index contributed by atoms with van der Waals surface area (Å²) in [5.41, 5.74) is 0.343. The summed E-state index contributed by atoms with van der Waals surface area (Å²) in [5.74, 6) is -0.921. The van der Waals surface area contributed by atoms with E-state index in [1.807, 2.05) is 0 Å². The normalized spacial score (nSPS) is 19.2. The molecule has 3 heterocycles. The Morgan fingerprint density at radius 2 is 1.84 bits per heavy atom. The van der Waals surface area contributed by atoms with Crippen LogP contribution in [-0.2, 0) is 4.74 Å². The van der Waals surface area contributed by atoms with Gasteiger partial charge in [-0.1, -0.05) is 29.8 Å². The highest BCUT2D eigenvalue weighted by atomic mass is 35.5. The number of rotatable bonds is 4. The Bertz CT molecular complexity index is 1220. The maximum atomic E-state index is 14.8. The molecule has 0 radical (unpaired) electrons. The van der Waals surface area contributed by atoms with Crippen LogP contribution in [0.4, 0.5) is 4.39 Å². The second kappa shape index (κ2) is 8.07. The Kier molecular flexibility index (Phi) is 5.25. The van der Waals surface area contributed by atoms with Crippen LogP contribution in [0.3, 0.4) is 0 Å². The monoisotopic (exact) mass is 442 g/mol. The fourth-order valence-corrected chi connectivity index (χ4v) is 4.49. The van der Waals surface area contributed by atoms with Gasteiger partial charge in [-0.05, 0) is 24.3 Å². The number of ether oxygens (including phenoxy) is 1. The average molecular weight is 443 g/mol. The minimum atomic E-state index is -0.857. The van der Waals surface area contributed by atoms with Gasteiger partial charge in [0.2, 0.25) is 5.76 Å². The van der Waals surface area contributed by atoms with E-state index in [-0.39, 0.29) is 33.3 Å². The van der Waals surface area contributed by atoms with Crippen LogP contribution in [0.1, 0.15) is 27.7 Å². The zero-order valence-electron chi connectivity index (χ0n) is 16.6. The summed E-state index contributed by atoms with van der Waals surface area (Å²) in [6.45, 7) is 3.72. The van der Waals surface area contributed by atoms with Gasteiger partial charge in [-0.3, -0.25) is 14.5 Å². The lowest BCUT2D eigenvalue weighted by Crippen LogP contribution is -2.42. The molecule has 1 atom stereocenters. The number of hydrogen-bond acceptors (Lipinski definition) is 5. The average Bonchev–Trinajstić information content (AvgIpc) is 3.06. The number of carbonyl (C=O) groups is 1. The predicted molar refractivity (Wildman–Crippen MR) is 114 cm³/mol. The predicted octanol–water partition coefficient (Wildman–Crippen LogP) is 3.46. The van der Waals surface area contributed by atoms with E-state index in [0.717, 1.165) is 13.1 Å². The molecular weight excluding hydrogens is 423 g/mol. The van der Waals surface area contributed by atoms with Crippen molar-refractivity contribution in [3.63, 3.8) is 0 Å². The molecule has 1 saturated heterocycles. The van der Waals surface area contributed by atoms with Crippen molar-refractivity contribution in [2.75, 3.05) is 39.4 Å². The van der Waals surface area contributed by atoms with Gasteiger partial charge < -0.3 is 14.1 Å². The van der Waals surface area contributed by atoms with Crippen LogP contribution in [0, 0.1) is 5.82 Å². The molecule has 0 bridgehead atoms. The van der Waals surface area contributed by atoms with E-state index in [0.29, 0.717) is 31.3 Å². The molecule has 0 spiro atoms. The Labute approximate surface area is 182 Å². The molecule has 2 aliphatic rings. The van der Waals surface area contributed by atoms with E-state index >= 15 is 0 Å². The van der Waals surface area contributed by atoms with E-state index < -0.39 is 17.8 Å². The van der Waals surface area contributed by atoms with Crippen LogP contribution in [0.15, 0.2) is 51.7 Å². The first-order valence-corrected chi connectivity index (χ1v) is 10.5. The second-order valence-electron chi connectivity index (χ2n) is 7.69. The molecule has 6 nitrogen and oxygen atoms in total. The Hall–Kier alpha value is -2.74. The molecule has 0 saturated carbocycles. The molecule has 3 aromatic rings. The minimum Gasteiger partial charge on any atom is -0.450 e. The molecule has 8 heteroatoms. The van der Waals surface area contributed by atoms with Crippen LogP contribution >= 0.6 is 11.6 Å². The lowest BCUT2D eigenvalue weighted by Gasteiger charge is -2.31. The first-order valence-electron chi connectivity index (χ1n) is 10.2. The van der Waals surface area contributed by atoms with E-state index in [1.54, 1.807) is 30.3 Å². The molecule has 1 amide bonds. The summed E-state index contributed by atoms with van der Waals surface area (Å²) in [7, 11) is 0. The van der Waals surface area contributed by atoms with Gasteiger partial charge in [0.05, 0.1) is 30.2 Å². The number of amides is 1. The number of nitrogens with zero attached hydrogens (tertiary/aromatic N) is 2. The van der Waals surface area contributed by atoms with Crippen molar-refractivity contribution >= 4 is 28.5 Å². The lowest BCUT2D eigenvalue weighted by atomic mass is 9.98. The SMILES string of the molecule is O=C1c2oc3ccc(Cl)cc3c(=O)c2[C@H](c2ccccc2F)N1CCN1CCOCC1. The van der Waals surface area contributed by atoms with Crippen LogP contribution in [0.2, 0.25) is 5.02 Å². The van der Waals surface area contributed by atoms with Crippen molar-refractivity contribution in [1.29, 1.82) is 0 Å². The highest BCUT2D eigenvalue weighted by Gasteiger charge is 2.43. The third-order valence-corrected chi connectivity index (χ3v) is 6.12. The van der Waals surface area contributed by atoms with Crippen molar-refractivity contribution < 1.29 is 18.3 Å². The third-order valence-electron chi connectivity index (χ3n) is 5.89. The van der Waals surface area contributed by atoms with Crippen molar-refractivity contribution in [2.24, 2.45) is 0 Å². The van der Waals surface area contributed by atoms with Crippen molar-refractivity contribution in [3.8, 4) is 0 Å². The molecule has 2 aromatic carbocycles. The molecular formula is C23H20ClFN2O4. The molecule has 5 rings (SSSR count). The largest absolute Gasteiger partial charge is 0.450 e. The molecule has 0 aliphatic carbocycles. The first-order chi connectivity index (χ1) is 15.0. The number of halogens is 2. The summed E-state index contributed by atoms with van der Waals surface area (Å²) in [4.78, 5) is 30.5. The topological polar surface area (TPSA) is 63.0 Å². The summed E-state index contributed by atoms with van der Waals surface area (Å²) in [6, 6.07) is 10.0. The molecule has 1 aromatic heterocycles. The summed E-state index contributed by atoms with van der Waals surface area (Å²) >= 11 is 6.08. The molecule has 31 heavy (non-hydrogen) atoms. The van der Waals surface area contributed by atoms with E-state index in [9.17, 15) is 14.0 Å². The van der Waals surface area contributed by atoms with Crippen LogP contribution in [0.5, 0.6) is 0 Å².